The molecule has 0 aliphatic carbocycles. The molecule has 20 heavy (non-hydrogen) atoms. The molecule has 0 N–H and O–H groups in total. The molecule has 1 amide bonds. The molecule has 0 radical (unpaired) electrons. The number of anilines is 1. The van der Waals surface area contributed by atoms with Gasteiger partial charge in [0.1, 0.15) is 5.69 Å². The van der Waals surface area contributed by atoms with E-state index >= 15 is 0 Å². The minimum Gasteiger partial charge on any atom is -0.306 e. The number of benzene rings is 1. The van der Waals surface area contributed by atoms with Crippen molar-refractivity contribution in [2.45, 2.75) is 13.3 Å². The number of carbonyl (C=O) groups is 2. The lowest BCUT2D eigenvalue weighted by Crippen LogP contribution is -2.38. The minimum atomic E-state index is -0.118. The number of fused-ring (bicyclic) bond motifs is 1. The van der Waals surface area contributed by atoms with E-state index in [1.54, 1.807) is 28.8 Å². The van der Waals surface area contributed by atoms with Crippen LogP contribution < -0.4 is 4.90 Å². The maximum Gasteiger partial charge on any atom is 0.276 e. The first-order valence-electron chi connectivity index (χ1n) is 6.52. The molecule has 0 fully saturated rings. The summed E-state index contributed by atoms with van der Waals surface area (Å²) in [6.45, 7) is 2.27. The summed E-state index contributed by atoms with van der Waals surface area (Å²) in [6.07, 6.45) is 0.361. The highest BCUT2D eigenvalue weighted by atomic mass is 16.2. The Bertz CT molecular complexity index is 703. The Morgan fingerprint density at radius 3 is 2.75 bits per heavy atom. The number of Topliss-reactive ketones (excluding diaryl/α,β-unsaturated/α-hetero) is 1. The molecule has 1 aromatic heterocycles. The zero-order valence-electron chi connectivity index (χ0n) is 11.5. The fraction of sp³-hybridized carbons (Fsp3) is 0.267. The molecule has 1 aliphatic rings. The first-order chi connectivity index (χ1) is 9.58. The zero-order valence-corrected chi connectivity index (χ0v) is 11.5. The molecular weight excluding hydrogens is 254 g/mol. The standard InChI is InChI=1S/C15H15N3O2/c1-10-9-13(17(2)16-10)15(20)18-8-7-14(19)11-5-3-4-6-12(11)18/h3-6,9H,7-8H2,1-2H3. The number of nitrogens with zero attached hydrogens (tertiary/aromatic N) is 3. The third-order valence-corrected chi connectivity index (χ3v) is 3.52. The zero-order chi connectivity index (χ0) is 14.3. The van der Waals surface area contributed by atoms with Crippen molar-refractivity contribution in [2.24, 2.45) is 7.05 Å². The number of hydrogen-bond acceptors (Lipinski definition) is 3. The summed E-state index contributed by atoms with van der Waals surface area (Å²) in [5.41, 5.74) is 2.64. The maximum absolute atomic E-state index is 12.7. The Hall–Kier alpha value is -2.43. The summed E-state index contributed by atoms with van der Waals surface area (Å²) < 4.78 is 1.58. The van der Waals surface area contributed by atoms with Gasteiger partial charge in [0, 0.05) is 25.6 Å². The molecule has 5 heteroatoms. The Kier molecular flexibility index (Phi) is 2.89. The Balaban J connectivity index is 2.04. The fourth-order valence-corrected chi connectivity index (χ4v) is 2.57. The molecular formula is C15H15N3O2. The maximum atomic E-state index is 12.7. The quantitative estimate of drug-likeness (QED) is 0.795. The van der Waals surface area contributed by atoms with Crippen LogP contribution in [-0.4, -0.2) is 28.0 Å². The second kappa shape index (κ2) is 4.59. The van der Waals surface area contributed by atoms with Crippen LogP contribution in [0.5, 0.6) is 0 Å². The molecule has 0 unspecified atom stereocenters. The van der Waals surface area contributed by atoms with E-state index in [2.05, 4.69) is 5.10 Å². The van der Waals surface area contributed by atoms with E-state index in [4.69, 9.17) is 0 Å². The number of para-hydroxylation sites is 1. The molecule has 5 nitrogen and oxygen atoms in total. The third kappa shape index (κ3) is 1.91. The van der Waals surface area contributed by atoms with Crippen molar-refractivity contribution in [3.63, 3.8) is 0 Å². The van der Waals surface area contributed by atoms with Gasteiger partial charge in [0.15, 0.2) is 5.78 Å². The summed E-state index contributed by atoms with van der Waals surface area (Å²) in [4.78, 5) is 26.2. The summed E-state index contributed by atoms with van der Waals surface area (Å²) in [7, 11) is 1.75. The highest BCUT2D eigenvalue weighted by Gasteiger charge is 2.28. The molecule has 0 bridgehead atoms. The van der Waals surface area contributed by atoms with E-state index in [-0.39, 0.29) is 11.7 Å². The molecule has 3 rings (SSSR count). The number of aryl methyl sites for hydroxylation is 2. The largest absolute Gasteiger partial charge is 0.306 e. The summed E-state index contributed by atoms with van der Waals surface area (Å²) >= 11 is 0. The van der Waals surface area contributed by atoms with Crippen LogP contribution in [0.4, 0.5) is 5.69 Å². The van der Waals surface area contributed by atoms with Crippen molar-refractivity contribution in [3.8, 4) is 0 Å². The van der Waals surface area contributed by atoms with Gasteiger partial charge < -0.3 is 4.90 Å². The smallest absolute Gasteiger partial charge is 0.276 e. The van der Waals surface area contributed by atoms with Gasteiger partial charge in [-0.05, 0) is 25.1 Å². The van der Waals surface area contributed by atoms with E-state index in [1.807, 2.05) is 25.1 Å². The normalized spacial score (nSPS) is 14.3. The Morgan fingerprint density at radius 1 is 1.30 bits per heavy atom. The second-order valence-electron chi connectivity index (χ2n) is 4.94. The van der Waals surface area contributed by atoms with Crippen LogP contribution in [0.1, 0.15) is 33.0 Å². The van der Waals surface area contributed by atoms with Gasteiger partial charge >= 0.3 is 0 Å². The van der Waals surface area contributed by atoms with Crippen molar-refractivity contribution >= 4 is 17.4 Å². The van der Waals surface area contributed by atoms with Crippen LogP contribution in [-0.2, 0) is 7.05 Å². The number of carbonyl (C=O) groups excluding carboxylic acids is 2. The van der Waals surface area contributed by atoms with Crippen LogP contribution in [0.25, 0.3) is 0 Å². The highest BCUT2D eigenvalue weighted by molar-refractivity contribution is 6.12. The minimum absolute atomic E-state index is 0.0887. The fourth-order valence-electron chi connectivity index (χ4n) is 2.57. The first kappa shape index (κ1) is 12.6. The monoisotopic (exact) mass is 269 g/mol. The molecule has 0 saturated heterocycles. The van der Waals surface area contributed by atoms with Crippen LogP contribution in [0.15, 0.2) is 30.3 Å². The molecule has 0 spiro atoms. The highest BCUT2D eigenvalue weighted by Crippen LogP contribution is 2.28. The summed E-state index contributed by atoms with van der Waals surface area (Å²) in [5, 5.41) is 4.20. The number of hydrogen-bond donors (Lipinski definition) is 0. The van der Waals surface area contributed by atoms with Crippen molar-refractivity contribution < 1.29 is 9.59 Å². The lowest BCUT2D eigenvalue weighted by atomic mass is 10.00. The second-order valence-corrected chi connectivity index (χ2v) is 4.94. The third-order valence-electron chi connectivity index (χ3n) is 3.52. The SMILES string of the molecule is Cc1cc(C(=O)N2CCC(=O)c3ccccc32)n(C)n1. The van der Waals surface area contributed by atoms with E-state index in [0.29, 0.717) is 29.9 Å². The van der Waals surface area contributed by atoms with Gasteiger partial charge in [-0.3, -0.25) is 14.3 Å². The van der Waals surface area contributed by atoms with Crippen LogP contribution in [0.3, 0.4) is 0 Å². The Labute approximate surface area is 116 Å². The van der Waals surface area contributed by atoms with E-state index in [1.165, 1.54) is 0 Å². The average Bonchev–Trinajstić information content (AvgIpc) is 2.78. The van der Waals surface area contributed by atoms with Gasteiger partial charge in [-0.15, -0.1) is 0 Å². The van der Waals surface area contributed by atoms with Gasteiger partial charge in [0.2, 0.25) is 0 Å². The first-order valence-corrected chi connectivity index (χ1v) is 6.52. The summed E-state index contributed by atoms with van der Waals surface area (Å²) in [5.74, 6) is -0.0288. The van der Waals surface area contributed by atoms with Crippen LogP contribution in [0.2, 0.25) is 0 Å². The predicted molar refractivity (Wildman–Crippen MR) is 75.0 cm³/mol. The van der Waals surface area contributed by atoms with Gasteiger partial charge in [-0.2, -0.15) is 5.10 Å². The van der Waals surface area contributed by atoms with Crippen molar-refractivity contribution in [3.05, 3.63) is 47.3 Å². The lowest BCUT2D eigenvalue weighted by Gasteiger charge is -2.28. The number of aromatic nitrogens is 2. The number of ketones is 1. The average molecular weight is 269 g/mol. The van der Waals surface area contributed by atoms with Crippen molar-refractivity contribution in [2.75, 3.05) is 11.4 Å². The molecule has 1 aromatic carbocycles. The van der Waals surface area contributed by atoms with Gasteiger partial charge in [0.05, 0.1) is 11.4 Å². The Morgan fingerprint density at radius 2 is 2.05 bits per heavy atom. The number of amides is 1. The predicted octanol–water partition coefficient (Wildman–Crippen LogP) is 1.96. The van der Waals surface area contributed by atoms with Crippen molar-refractivity contribution in [1.29, 1.82) is 0 Å². The lowest BCUT2D eigenvalue weighted by molar-refractivity contribution is 0.0950. The van der Waals surface area contributed by atoms with Gasteiger partial charge in [-0.1, -0.05) is 12.1 Å². The van der Waals surface area contributed by atoms with Gasteiger partial charge in [0.25, 0.3) is 5.91 Å². The van der Waals surface area contributed by atoms with E-state index < -0.39 is 0 Å². The molecule has 2 aromatic rings. The number of rotatable bonds is 1. The van der Waals surface area contributed by atoms with Crippen LogP contribution >= 0.6 is 0 Å². The molecule has 2 heterocycles. The van der Waals surface area contributed by atoms with Gasteiger partial charge in [-0.25, -0.2) is 0 Å². The van der Waals surface area contributed by atoms with E-state index in [9.17, 15) is 9.59 Å². The molecule has 1 aliphatic heterocycles. The topological polar surface area (TPSA) is 55.2 Å². The molecule has 0 atom stereocenters. The van der Waals surface area contributed by atoms with Crippen molar-refractivity contribution in [1.82, 2.24) is 9.78 Å². The molecule has 102 valence electrons. The van der Waals surface area contributed by atoms with E-state index in [0.717, 1.165) is 5.69 Å². The summed E-state index contributed by atoms with van der Waals surface area (Å²) in [6, 6.07) is 9.01. The van der Waals surface area contributed by atoms with Crippen LogP contribution in [0, 0.1) is 6.92 Å². The molecule has 0 saturated carbocycles.